The van der Waals surface area contributed by atoms with Gasteiger partial charge >= 0.3 is 0 Å². The maximum Gasteiger partial charge on any atom is 0.225 e. The molecule has 0 saturated carbocycles. The van der Waals surface area contributed by atoms with Crippen molar-refractivity contribution in [3.05, 3.63) is 54.4 Å². The lowest BCUT2D eigenvalue weighted by Crippen LogP contribution is -2.52. The van der Waals surface area contributed by atoms with Crippen molar-refractivity contribution in [3.8, 4) is 5.75 Å². The standard InChI is InChI=1S/C26H33N3O3/c1-3-19(4-2)25(31)29-14-11-26(12-15-29)17-20(22-9-5-6-10-23(22)32-26)16-24(30)28-21-8-7-13-27-18-21/h5-10,13,18-20H,3-4,11-12,14-17H2,1-2H3,(H,28,30). The van der Waals surface area contributed by atoms with Crippen molar-refractivity contribution in [3.63, 3.8) is 0 Å². The van der Waals surface area contributed by atoms with Gasteiger partial charge in [-0.15, -0.1) is 0 Å². The van der Waals surface area contributed by atoms with E-state index < -0.39 is 0 Å². The first-order chi connectivity index (χ1) is 15.5. The molecular formula is C26H33N3O3. The Hall–Kier alpha value is -2.89. The van der Waals surface area contributed by atoms with E-state index in [2.05, 4.69) is 30.2 Å². The lowest BCUT2D eigenvalue weighted by atomic mass is 9.76. The SMILES string of the molecule is CCC(CC)C(=O)N1CCC2(CC1)CC(CC(=O)Nc1cccnc1)c1ccccc1O2. The molecule has 3 heterocycles. The second kappa shape index (κ2) is 9.72. The number of carbonyl (C=O) groups is 2. The summed E-state index contributed by atoms with van der Waals surface area (Å²) in [5.41, 5.74) is 1.48. The van der Waals surface area contributed by atoms with E-state index in [9.17, 15) is 9.59 Å². The molecule has 1 spiro atoms. The number of hydrogen-bond donors (Lipinski definition) is 1. The average molecular weight is 436 g/mol. The number of likely N-dealkylation sites (tertiary alicyclic amines) is 1. The van der Waals surface area contributed by atoms with Gasteiger partial charge in [0, 0.05) is 50.4 Å². The van der Waals surface area contributed by atoms with E-state index in [0.717, 1.165) is 43.4 Å². The van der Waals surface area contributed by atoms with Gasteiger partial charge < -0.3 is 15.0 Å². The molecule has 0 radical (unpaired) electrons. The van der Waals surface area contributed by atoms with Crippen LogP contribution in [-0.4, -0.2) is 40.4 Å². The molecule has 1 atom stereocenters. The molecule has 1 saturated heterocycles. The number of pyridine rings is 1. The Labute approximate surface area is 190 Å². The number of hydrogen-bond acceptors (Lipinski definition) is 4. The summed E-state index contributed by atoms with van der Waals surface area (Å²) < 4.78 is 6.55. The molecule has 1 aromatic heterocycles. The first kappa shape index (κ1) is 22.3. The topological polar surface area (TPSA) is 71.5 Å². The predicted molar refractivity (Wildman–Crippen MR) is 125 cm³/mol. The molecule has 170 valence electrons. The fourth-order valence-corrected chi connectivity index (χ4v) is 5.14. The first-order valence-corrected chi connectivity index (χ1v) is 11.8. The number of ether oxygens (including phenoxy) is 1. The van der Waals surface area contributed by atoms with Crippen LogP contribution in [0.15, 0.2) is 48.8 Å². The van der Waals surface area contributed by atoms with Gasteiger partial charge in [-0.25, -0.2) is 0 Å². The summed E-state index contributed by atoms with van der Waals surface area (Å²) in [5, 5.41) is 2.96. The molecule has 1 aromatic carbocycles. The van der Waals surface area contributed by atoms with Crippen LogP contribution < -0.4 is 10.1 Å². The predicted octanol–water partition coefficient (Wildman–Crippen LogP) is 4.77. The highest BCUT2D eigenvalue weighted by molar-refractivity contribution is 5.91. The van der Waals surface area contributed by atoms with E-state index in [-0.39, 0.29) is 29.3 Å². The second-order valence-electron chi connectivity index (χ2n) is 9.06. The van der Waals surface area contributed by atoms with E-state index in [1.165, 1.54) is 0 Å². The summed E-state index contributed by atoms with van der Waals surface area (Å²) in [6.45, 7) is 5.60. The third-order valence-electron chi connectivity index (χ3n) is 7.00. The van der Waals surface area contributed by atoms with E-state index in [1.807, 2.05) is 35.2 Å². The van der Waals surface area contributed by atoms with Crippen LogP contribution >= 0.6 is 0 Å². The van der Waals surface area contributed by atoms with Gasteiger partial charge in [0.1, 0.15) is 11.4 Å². The molecule has 6 heteroatoms. The number of nitrogens with zero attached hydrogens (tertiary/aromatic N) is 2. The average Bonchev–Trinajstić information content (AvgIpc) is 2.81. The minimum atomic E-state index is -0.321. The van der Waals surface area contributed by atoms with Gasteiger partial charge in [-0.05, 0) is 43.0 Å². The van der Waals surface area contributed by atoms with Crippen LogP contribution in [0.25, 0.3) is 0 Å². The van der Waals surface area contributed by atoms with E-state index in [4.69, 9.17) is 4.74 Å². The Morgan fingerprint density at radius 2 is 1.91 bits per heavy atom. The molecule has 1 N–H and O–H groups in total. The van der Waals surface area contributed by atoms with Crippen LogP contribution in [-0.2, 0) is 9.59 Å². The number of rotatable bonds is 6. The molecule has 2 aliphatic rings. The van der Waals surface area contributed by atoms with Gasteiger partial charge in [-0.1, -0.05) is 32.0 Å². The highest BCUT2D eigenvalue weighted by Crippen LogP contribution is 2.46. The zero-order chi connectivity index (χ0) is 22.6. The van der Waals surface area contributed by atoms with Crippen molar-refractivity contribution in [2.24, 2.45) is 5.92 Å². The Bertz CT molecular complexity index is 934. The number of anilines is 1. The molecule has 0 aliphatic carbocycles. The first-order valence-electron chi connectivity index (χ1n) is 11.8. The molecule has 6 nitrogen and oxygen atoms in total. The number of benzene rings is 1. The van der Waals surface area contributed by atoms with Crippen molar-refractivity contribution in [1.29, 1.82) is 0 Å². The van der Waals surface area contributed by atoms with E-state index >= 15 is 0 Å². The van der Waals surface area contributed by atoms with Crippen LogP contribution in [0, 0.1) is 5.92 Å². The number of nitrogens with one attached hydrogen (secondary N) is 1. The van der Waals surface area contributed by atoms with Crippen molar-refractivity contribution in [2.45, 2.75) is 63.9 Å². The highest BCUT2D eigenvalue weighted by Gasteiger charge is 2.44. The lowest BCUT2D eigenvalue weighted by Gasteiger charge is -2.47. The van der Waals surface area contributed by atoms with Gasteiger partial charge in [0.25, 0.3) is 0 Å². The van der Waals surface area contributed by atoms with Gasteiger partial charge in [0.05, 0.1) is 11.9 Å². The van der Waals surface area contributed by atoms with Gasteiger partial charge in [-0.2, -0.15) is 0 Å². The summed E-state index contributed by atoms with van der Waals surface area (Å²) in [4.78, 5) is 31.7. The summed E-state index contributed by atoms with van der Waals surface area (Å²) in [6.07, 6.45) is 7.90. The number of para-hydroxylation sites is 1. The maximum atomic E-state index is 12.8. The van der Waals surface area contributed by atoms with Gasteiger partial charge in [0.15, 0.2) is 0 Å². The summed E-state index contributed by atoms with van der Waals surface area (Å²) >= 11 is 0. The third-order valence-corrected chi connectivity index (χ3v) is 7.00. The van der Waals surface area contributed by atoms with Crippen LogP contribution in [0.4, 0.5) is 5.69 Å². The monoisotopic (exact) mass is 435 g/mol. The zero-order valence-electron chi connectivity index (χ0n) is 19.0. The quantitative estimate of drug-likeness (QED) is 0.709. The van der Waals surface area contributed by atoms with Crippen LogP contribution in [0.3, 0.4) is 0 Å². The fraction of sp³-hybridized carbons (Fsp3) is 0.500. The summed E-state index contributed by atoms with van der Waals surface area (Å²) in [7, 11) is 0. The minimum absolute atomic E-state index is 0.0174. The normalized spacial score (nSPS) is 19.3. The number of aromatic nitrogens is 1. The number of fused-ring (bicyclic) bond motifs is 1. The van der Waals surface area contributed by atoms with E-state index in [0.29, 0.717) is 25.2 Å². The van der Waals surface area contributed by atoms with Crippen LogP contribution in [0.5, 0.6) is 5.75 Å². The van der Waals surface area contributed by atoms with Crippen LogP contribution in [0.2, 0.25) is 0 Å². The van der Waals surface area contributed by atoms with E-state index in [1.54, 1.807) is 12.4 Å². The van der Waals surface area contributed by atoms with Crippen molar-refractivity contribution < 1.29 is 14.3 Å². The fourth-order valence-electron chi connectivity index (χ4n) is 5.14. The van der Waals surface area contributed by atoms with Crippen molar-refractivity contribution in [1.82, 2.24) is 9.88 Å². The molecule has 0 bridgehead atoms. The molecule has 1 unspecified atom stereocenters. The Kier molecular flexibility index (Phi) is 6.77. The Balaban J connectivity index is 1.46. The van der Waals surface area contributed by atoms with Crippen LogP contribution in [0.1, 0.15) is 63.9 Å². The molecule has 2 aromatic rings. The van der Waals surface area contributed by atoms with Gasteiger partial charge in [0.2, 0.25) is 11.8 Å². The molecule has 1 fully saturated rings. The van der Waals surface area contributed by atoms with Crippen molar-refractivity contribution in [2.75, 3.05) is 18.4 Å². The minimum Gasteiger partial charge on any atom is -0.487 e. The summed E-state index contributed by atoms with van der Waals surface area (Å²) in [6, 6.07) is 11.7. The smallest absolute Gasteiger partial charge is 0.225 e. The molecule has 2 amide bonds. The summed E-state index contributed by atoms with van der Waals surface area (Å²) in [5.74, 6) is 1.32. The Morgan fingerprint density at radius 3 is 2.59 bits per heavy atom. The number of carbonyl (C=O) groups excluding carboxylic acids is 2. The zero-order valence-corrected chi connectivity index (χ0v) is 19.0. The highest BCUT2D eigenvalue weighted by atomic mass is 16.5. The Morgan fingerprint density at radius 1 is 1.16 bits per heavy atom. The number of amides is 2. The third kappa shape index (κ3) is 4.79. The lowest BCUT2D eigenvalue weighted by molar-refractivity contribution is -0.139. The second-order valence-corrected chi connectivity index (χ2v) is 9.06. The molecule has 32 heavy (non-hydrogen) atoms. The molecule has 4 rings (SSSR count). The van der Waals surface area contributed by atoms with Crippen molar-refractivity contribution >= 4 is 17.5 Å². The molecular weight excluding hydrogens is 402 g/mol. The molecule has 2 aliphatic heterocycles. The largest absolute Gasteiger partial charge is 0.487 e. The maximum absolute atomic E-state index is 12.8. The number of piperidine rings is 1. The van der Waals surface area contributed by atoms with Gasteiger partial charge in [-0.3, -0.25) is 14.6 Å².